The van der Waals surface area contributed by atoms with E-state index in [0.717, 1.165) is 38.0 Å². The van der Waals surface area contributed by atoms with Crippen LogP contribution in [0.1, 0.15) is 37.8 Å². The first kappa shape index (κ1) is 14.8. The molecule has 1 atom stereocenters. The predicted octanol–water partition coefficient (Wildman–Crippen LogP) is 2.57. The van der Waals surface area contributed by atoms with E-state index in [1.54, 1.807) is 19.2 Å². The van der Waals surface area contributed by atoms with Gasteiger partial charge in [-0.1, -0.05) is 6.07 Å². The number of hydrogen-bond donors (Lipinski definition) is 3. The van der Waals surface area contributed by atoms with E-state index < -0.39 is 0 Å². The van der Waals surface area contributed by atoms with Gasteiger partial charge in [0.25, 0.3) is 0 Å². The second-order valence-corrected chi connectivity index (χ2v) is 4.47. The first-order valence-electron chi connectivity index (χ1n) is 6.39. The molecule has 0 amide bonds. The molecule has 0 aliphatic carbocycles. The van der Waals surface area contributed by atoms with Gasteiger partial charge in [0.1, 0.15) is 11.5 Å². The number of hydrogen-bond acceptors (Lipinski definition) is 4. The fourth-order valence-electron chi connectivity index (χ4n) is 1.87. The van der Waals surface area contributed by atoms with Gasteiger partial charge in [0.2, 0.25) is 0 Å². The van der Waals surface area contributed by atoms with E-state index in [4.69, 9.17) is 4.74 Å². The molecule has 4 nitrogen and oxygen atoms in total. The molecule has 0 radical (unpaired) electrons. The summed E-state index contributed by atoms with van der Waals surface area (Å²) >= 11 is 0. The maximum Gasteiger partial charge on any atom is 0.124 e. The van der Waals surface area contributed by atoms with Crippen LogP contribution in [0.3, 0.4) is 0 Å². The maximum atomic E-state index is 9.72. The fourth-order valence-corrected chi connectivity index (χ4v) is 1.87. The minimum absolute atomic E-state index is 0.0769. The molecule has 1 aromatic rings. The minimum Gasteiger partial charge on any atom is -0.508 e. The highest BCUT2D eigenvalue weighted by Crippen LogP contribution is 2.27. The minimum atomic E-state index is 0.0769. The number of unbranched alkanes of at least 4 members (excludes halogenated alkanes) is 2. The van der Waals surface area contributed by atoms with E-state index >= 15 is 0 Å². The van der Waals surface area contributed by atoms with Crippen molar-refractivity contribution in [1.29, 1.82) is 0 Å². The Bertz CT molecular complexity index is 355. The van der Waals surface area contributed by atoms with Crippen molar-refractivity contribution >= 4 is 0 Å². The summed E-state index contributed by atoms with van der Waals surface area (Å²) in [5.41, 5.74) is 0.810. The number of aromatic hydroxyl groups is 2. The Hall–Kier alpha value is -1.26. The normalized spacial score (nSPS) is 12.6. The van der Waals surface area contributed by atoms with Gasteiger partial charge in [-0.25, -0.2) is 0 Å². The van der Waals surface area contributed by atoms with Crippen molar-refractivity contribution in [3.05, 3.63) is 23.8 Å². The van der Waals surface area contributed by atoms with Crippen LogP contribution in [-0.4, -0.2) is 30.5 Å². The molecule has 1 rings (SSSR count). The molecule has 4 heteroatoms. The summed E-state index contributed by atoms with van der Waals surface area (Å²) < 4.78 is 4.99. The molecule has 0 saturated heterocycles. The molecule has 0 aromatic heterocycles. The van der Waals surface area contributed by atoms with E-state index in [0.29, 0.717) is 0 Å². The molecule has 0 saturated carbocycles. The van der Waals surface area contributed by atoms with E-state index in [1.807, 2.05) is 6.92 Å². The van der Waals surface area contributed by atoms with Gasteiger partial charge in [0.15, 0.2) is 0 Å². The molecule has 0 aliphatic rings. The van der Waals surface area contributed by atoms with Crippen LogP contribution >= 0.6 is 0 Å². The highest BCUT2D eigenvalue weighted by atomic mass is 16.5. The molecular formula is C14H23NO3. The van der Waals surface area contributed by atoms with Crippen molar-refractivity contribution in [3.63, 3.8) is 0 Å². The van der Waals surface area contributed by atoms with Crippen LogP contribution in [0.5, 0.6) is 11.5 Å². The molecule has 0 heterocycles. The third-order valence-corrected chi connectivity index (χ3v) is 2.96. The Morgan fingerprint density at radius 2 is 2.00 bits per heavy atom. The zero-order valence-corrected chi connectivity index (χ0v) is 11.1. The molecular weight excluding hydrogens is 230 g/mol. The third-order valence-electron chi connectivity index (χ3n) is 2.96. The number of benzene rings is 1. The highest BCUT2D eigenvalue weighted by Gasteiger charge is 2.09. The Morgan fingerprint density at radius 3 is 2.67 bits per heavy atom. The van der Waals surface area contributed by atoms with Gasteiger partial charge in [-0.2, -0.15) is 0 Å². The zero-order valence-electron chi connectivity index (χ0n) is 11.1. The summed E-state index contributed by atoms with van der Waals surface area (Å²) in [6, 6.07) is 4.78. The third kappa shape index (κ3) is 4.94. The Kier molecular flexibility index (Phi) is 6.54. The lowest BCUT2D eigenvalue weighted by molar-refractivity contribution is 0.192. The molecule has 0 aliphatic heterocycles. The molecule has 0 spiro atoms. The van der Waals surface area contributed by atoms with Crippen molar-refractivity contribution < 1.29 is 14.9 Å². The molecule has 3 N–H and O–H groups in total. The first-order chi connectivity index (χ1) is 8.65. The van der Waals surface area contributed by atoms with E-state index in [9.17, 15) is 10.2 Å². The monoisotopic (exact) mass is 253 g/mol. The maximum absolute atomic E-state index is 9.72. The molecule has 102 valence electrons. The Balaban J connectivity index is 2.29. The van der Waals surface area contributed by atoms with Crippen molar-refractivity contribution in [1.82, 2.24) is 5.32 Å². The number of ether oxygens (including phenoxy) is 1. The summed E-state index contributed by atoms with van der Waals surface area (Å²) in [4.78, 5) is 0. The standard InChI is InChI=1S/C14H23NO3/c1-11(15-8-4-3-5-9-18-2)13-7-6-12(16)10-14(13)17/h6-7,10-11,15-17H,3-5,8-9H2,1-2H3. The summed E-state index contributed by atoms with van der Waals surface area (Å²) in [6.45, 7) is 3.72. The smallest absolute Gasteiger partial charge is 0.124 e. The molecule has 1 unspecified atom stereocenters. The summed E-state index contributed by atoms with van der Waals surface area (Å²) in [7, 11) is 1.72. The van der Waals surface area contributed by atoms with Gasteiger partial charge in [0, 0.05) is 31.4 Å². The Morgan fingerprint density at radius 1 is 1.22 bits per heavy atom. The molecule has 18 heavy (non-hydrogen) atoms. The zero-order chi connectivity index (χ0) is 13.4. The lowest BCUT2D eigenvalue weighted by Crippen LogP contribution is -2.20. The van der Waals surface area contributed by atoms with Crippen LogP contribution in [0, 0.1) is 0 Å². The van der Waals surface area contributed by atoms with Gasteiger partial charge in [0.05, 0.1) is 0 Å². The topological polar surface area (TPSA) is 61.7 Å². The van der Waals surface area contributed by atoms with Gasteiger partial charge in [-0.3, -0.25) is 0 Å². The number of methoxy groups -OCH3 is 1. The van der Waals surface area contributed by atoms with Crippen molar-refractivity contribution in [2.45, 2.75) is 32.2 Å². The quantitative estimate of drug-likeness (QED) is 0.623. The van der Waals surface area contributed by atoms with Crippen LogP contribution in [0.25, 0.3) is 0 Å². The SMILES string of the molecule is COCCCCCNC(C)c1ccc(O)cc1O. The lowest BCUT2D eigenvalue weighted by atomic mass is 10.1. The lowest BCUT2D eigenvalue weighted by Gasteiger charge is -2.15. The van der Waals surface area contributed by atoms with Gasteiger partial charge in [-0.15, -0.1) is 0 Å². The van der Waals surface area contributed by atoms with Crippen LogP contribution in [-0.2, 0) is 4.74 Å². The largest absolute Gasteiger partial charge is 0.508 e. The van der Waals surface area contributed by atoms with Crippen molar-refractivity contribution in [2.24, 2.45) is 0 Å². The van der Waals surface area contributed by atoms with Crippen molar-refractivity contribution in [2.75, 3.05) is 20.3 Å². The summed E-state index contributed by atoms with van der Waals surface area (Å²) in [5, 5.41) is 22.3. The number of phenolic OH excluding ortho intramolecular Hbond substituents is 2. The van der Waals surface area contributed by atoms with Gasteiger partial charge < -0.3 is 20.3 Å². The molecule has 1 aromatic carbocycles. The van der Waals surface area contributed by atoms with E-state index in [1.165, 1.54) is 6.07 Å². The number of nitrogens with one attached hydrogen (secondary N) is 1. The fraction of sp³-hybridized carbons (Fsp3) is 0.571. The summed E-state index contributed by atoms with van der Waals surface area (Å²) in [5.74, 6) is 0.220. The van der Waals surface area contributed by atoms with Gasteiger partial charge >= 0.3 is 0 Å². The average Bonchev–Trinajstić information content (AvgIpc) is 2.33. The van der Waals surface area contributed by atoms with Crippen LogP contribution in [0.2, 0.25) is 0 Å². The molecule has 0 bridgehead atoms. The molecule has 0 fully saturated rings. The van der Waals surface area contributed by atoms with Crippen LogP contribution in [0.15, 0.2) is 18.2 Å². The van der Waals surface area contributed by atoms with Crippen LogP contribution < -0.4 is 5.32 Å². The van der Waals surface area contributed by atoms with Crippen molar-refractivity contribution in [3.8, 4) is 11.5 Å². The van der Waals surface area contributed by atoms with Gasteiger partial charge in [-0.05, 0) is 38.8 Å². The van der Waals surface area contributed by atoms with E-state index in [-0.39, 0.29) is 17.5 Å². The first-order valence-corrected chi connectivity index (χ1v) is 6.39. The second-order valence-electron chi connectivity index (χ2n) is 4.47. The predicted molar refractivity (Wildman–Crippen MR) is 71.9 cm³/mol. The Labute approximate surface area is 109 Å². The summed E-state index contributed by atoms with van der Waals surface area (Å²) in [6.07, 6.45) is 3.30. The van der Waals surface area contributed by atoms with Crippen LogP contribution in [0.4, 0.5) is 0 Å². The number of phenols is 2. The van der Waals surface area contributed by atoms with E-state index in [2.05, 4.69) is 5.32 Å². The number of rotatable bonds is 8. The second kappa shape index (κ2) is 7.95. The average molecular weight is 253 g/mol. The highest BCUT2D eigenvalue weighted by molar-refractivity contribution is 5.40.